The van der Waals surface area contributed by atoms with E-state index >= 15 is 0 Å². The minimum Gasteiger partial charge on any atom is -0.372 e. The van der Waals surface area contributed by atoms with Crippen LogP contribution in [0, 0.1) is 0 Å². The third-order valence-corrected chi connectivity index (χ3v) is 6.55. The van der Waals surface area contributed by atoms with Gasteiger partial charge >= 0.3 is 0 Å². The molecule has 0 amide bonds. The summed E-state index contributed by atoms with van der Waals surface area (Å²) in [6.45, 7) is 4.78. The number of rotatable bonds is 4. The van der Waals surface area contributed by atoms with E-state index in [1.54, 1.807) is 0 Å². The summed E-state index contributed by atoms with van der Waals surface area (Å²) in [4.78, 5) is 15.7. The predicted molar refractivity (Wildman–Crippen MR) is 110 cm³/mol. The van der Waals surface area contributed by atoms with E-state index in [4.69, 9.17) is 21.6 Å². The SMILES string of the molecule is CNc1nc(N2CCN(Cc3ccccc3Cl)CC2)nc2c1SCCC2. The first-order valence-corrected chi connectivity index (χ1v) is 10.5. The van der Waals surface area contributed by atoms with Gasteiger partial charge in [0.05, 0.1) is 10.6 Å². The van der Waals surface area contributed by atoms with E-state index in [9.17, 15) is 0 Å². The van der Waals surface area contributed by atoms with Crippen molar-refractivity contribution < 1.29 is 0 Å². The lowest BCUT2D eigenvalue weighted by atomic mass is 10.2. The molecule has 138 valence electrons. The largest absolute Gasteiger partial charge is 0.372 e. The molecule has 1 N–H and O–H groups in total. The van der Waals surface area contributed by atoms with Gasteiger partial charge in [-0.25, -0.2) is 4.98 Å². The highest BCUT2D eigenvalue weighted by molar-refractivity contribution is 7.99. The number of thioether (sulfide) groups is 1. The van der Waals surface area contributed by atoms with Crippen LogP contribution in [0.15, 0.2) is 29.2 Å². The molecule has 4 rings (SSSR count). The molecule has 2 aliphatic rings. The van der Waals surface area contributed by atoms with Gasteiger partial charge in [0.1, 0.15) is 5.82 Å². The fourth-order valence-electron chi connectivity index (χ4n) is 3.50. The van der Waals surface area contributed by atoms with Gasteiger partial charge in [0.2, 0.25) is 5.95 Å². The fourth-order valence-corrected chi connectivity index (χ4v) is 4.79. The quantitative estimate of drug-likeness (QED) is 0.862. The Morgan fingerprint density at radius 1 is 1.15 bits per heavy atom. The van der Waals surface area contributed by atoms with Gasteiger partial charge in [-0.05, 0) is 30.2 Å². The van der Waals surface area contributed by atoms with Crippen LogP contribution in [0.25, 0.3) is 0 Å². The number of nitrogens with one attached hydrogen (secondary N) is 1. The maximum absolute atomic E-state index is 6.30. The lowest BCUT2D eigenvalue weighted by molar-refractivity contribution is 0.248. The van der Waals surface area contributed by atoms with Crippen molar-refractivity contribution in [3.8, 4) is 0 Å². The molecule has 0 unspecified atom stereocenters. The number of aryl methyl sites for hydroxylation is 1. The Kier molecular flexibility index (Phi) is 5.52. The van der Waals surface area contributed by atoms with Gasteiger partial charge < -0.3 is 10.2 Å². The van der Waals surface area contributed by atoms with Crippen molar-refractivity contribution in [1.29, 1.82) is 0 Å². The zero-order valence-corrected chi connectivity index (χ0v) is 16.6. The second-order valence-corrected chi connectivity index (χ2v) is 8.22. The topological polar surface area (TPSA) is 44.3 Å². The predicted octanol–water partition coefficient (Wildman–Crippen LogP) is 3.53. The van der Waals surface area contributed by atoms with Crippen LogP contribution in [0.3, 0.4) is 0 Å². The number of aromatic nitrogens is 2. The summed E-state index contributed by atoms with van der Waals surface area (Å²) in [5.41, 5.74) is 2.40. The summed E-state index contributed by atoms with van der Waals surface area (Å²) >= 11 is 8.17. The van der Waals surface area contributed by atoms with Crippen molar-refractivity contribution in [3.05, 3.63) is 40.5 Å². The second-order valence-electron chi connectivity index (χ2n) is 6.70. The smallest absolute Gasteiger partial charge is 0.227 e. The van der Waals surface area contributed by atoms with E-state index in [0.29, 0.717) is 0 Å². The van der Waals surface area contributed by atoms with E-state index in [1.165, 1.54) is 22.6 Å². The number of halogens is 1. The van der Waals surface area contributed by atoms with Crippen LogP contribution in [0.5, 0.6) is 0 Å². The van der Waals surface area contributed by atoms with Crippen LogP contribution in [-0.2, 0) is 13.0 Å². The van der Waals surface area contributed by atoms with Crippen LogP contribution >= 0.6 is 23.4 Å². The average Bonchev–Trinajstić information content (AvgIpc) is 2.69. The van der Waals surface area contributed by atoms with Gasteiger partial charge in [-0.15, -0.1) is 11.8 Å². The number of anilines is 2. The molecule has 0 radical (unpaired) electrons. The standard InChI is InChI=1S/C19H24ClN5S/c1-21-18-17-16(7-4-12-26-17)22-19(23-18)25-10-8-24(9-11-25)13-14-5-2-3-6-15(14)20/h2-3,5-6H,4,7-13H2,1H3,(H,21,22,23). The van der Waals surface area contributed by atoms with E-state index in [0.717, 1.165) is 61.7 Å². The molecule has 0 bridgehead atoms. The highest BCUT2D eigenvalue weighted by atomic mass is 35.5. The molecule has 2 aromatic rings. The number of hydrogen-bond acceptors (Lipinski definition) is 6. The van der Waals surface area contributed by atoms with Crippen molar-refractivity contribution in [2.45, 2.75) is 24.3 Å². The van der Waals surface area contributed by atoms with Gasteiger partial charge in [-0.2, -0.15) is 4.98 Å². The summed E-state index contributed by atoms with van der Waals surface area (Å²) in [6, 6.07) is 8.11. The lowest BCUT2D eigenvalue weighted by Crippen LogP contribution is -2.46. The summed E-state index contributed by atoms with van der Waals surface area (Å²) in [5.74, 6) is 3.01. The van der Waals surface area contributed by atoms with Gasteiger partial charge in [-0.1, -0.05) is 29.8 Å². The highest BCUT2D eigenvalue weighted by Gasteiger charge is 2.23. The molecule has 0 aliphatic carbocycles. The zero-order valence-electron chi connectivity index (χ0n) is 15.0. The maximum atomic E-state index is 6.30. The van der Waals surface area contributed by atoms with Crippen molar-refractivity contribution in [2.75, 3.05) is 49.2 Å². The van der Waals surface area contributed by atoms with Gasteiger partial charge in [0.15, 0.2) is 0 Å². The normalized spacial score (nSPS) is 17.8. The van der Waals surface area contributed by atoms with Crippen LogP contribution in [0.1, 0.15) is 17.7 Å². The molecular formula is C19H24ClN5S. The molecule has 1 saturated heterocycles. The lowest BCUT2D eigenvalue weighted by Gasteiger charge is -2.35. The fraction of sp³-hybridized carbons (Fsp3) is 0.474. The van der Waals surface area contributed by atoms with Gasteiger partial charge in [0, 0.05) is 44.8 Å². The molecule has 1 aromatic heterocycles. The Bertz CT molecular complexity index is 759. The van der Waals surface area contributed by atoms with Crippen molar-refractivity contribution in [2.24, 2.45) is 0 Å². The van der Waals surface area contributed by atoms with Crippen molar-refractivity contribution in [1.82, 2.24) is 14.9 Å². The molecule has 7 heteroatoms. The number of nitrogens with zero attached hydrogens (tertiary/aromatic N) is 4. The number of fused-ring (bicyclic) bond motifs is 1. The number of piperazine rings is 1. The molecular weight excluding hydrogens is 366 g/mol. The van der Waals surface area contributed by atoms with Crippen LogP contribution in [0.2, 0.25) is 5.02 Å². The molecule has 26 heavy (non-hydrogen) atoms. The Balaban J connectivity index is 1.44. The first-order valence-electron chi connectivity index (χ1n) is 9.17. The summed E-state index contributed by atoms with van der Waals surface area (Å²) < 4.78 is 0. The molecule has 1 fully saturated rings. The van der Waals surface area contributed by atoms with Crippen LogP contribution in [-0.4, -0.2) is 53.8 Å². The van der Waals surface area contributed by atoms with Crippen LogP contribution in [0.4, 0.5) is 11.8 Å². The molecule has 0 spiro atoms. The Morgan fingerprint density at radius 3 is 2.73 bits per heavy atom. The minimum atomic E-state index is 0.851. The molecule has 5 nitrogen and oxygen atoms in total. The van der Waals surface area contributed by atoms with E-state index < -0.39 is 0 Å². The van der Waals surface area contributed by atoms with E-state index in [1.807, 2.05) is 30.9 Å². The third kappa shape index (κ3) is 3.77. The first kappa shape index (κ1) is 17.9. The first-order chi connectivity index (χ1) is 12.7. The molecule has 2 aliphatic heterocycles. The second kappa shape index (κ2) is 8.03. The monoisotopic (exact) mass is 389 g/mol. The molecule has 0 atom stereocenters. The Hall–Kier alpha value is -1.50. The third-order valence-electron chi connectivity index (χ3n) is 4.97. The highest BCUT2D eigenvalue weighted by Crippen LogP contribution is 2.35. The Morgan fingerprint density at radius 2 is 1.96 bits per heavy atom. The van der Waals surface area contributed by atoms with Crippen LogP contribution < -0.4 is 10.2 Å². The minimum absolute atomic E-state index is 0.851. The van der Waals surface area contributed by atoms with E-state index in [2.05, 4.69) is 27.2 Å². The van der Waals surface area contributed by atoms with Crippen molar-refractivity contribution in [3.63, 3.8) is 0 Å². The summed E-state index contributed by atoms with van der Waals surface area (Å²) in [5, 5.41) is 4.11. The summed E-state index contributed by atoms with van der Waals surface area (Å²) in [7, 11) is 1.95. The number of hydrogen-bond donors (Lipinski definition) is 1. The van der Waals surface area contributed by atoms with Crippen molar-refractivity contribution >= 4 is 35.1 Å². The van der Waals surface area contributed by atoms with Gasteiger partial charge in [-0.3, -0.25) is 4.90 Å². The summed E-state index contributed by atoms with van der Waals surface area (Å²) in [6.07, 6.45) is 2.25. The molecule has 0 saturated carbocycles. The van der Waals surface area contributed by atoms with Gasteiger partial charge in [0.25, 0.3) is 0 Å². The Labute approximate surface area is 164 Å². The zero-order chi connectivity index (χ0) is 17.9. The molecule has 1 aromatic carbocycles. The number of benzene rings is 1. The average molecular weight is 390 g/mol. The van der Waals surface area contributed by atoms with E-state index in [-0.39, 0.29) is 0 Å². The maximum Gasteiger partial charge on any atom is 0.227 e. The molecule has 3 heterocycles.